The molecule has 0 aliphatic heterocycles. The molecule has 1 aromatic carbocycles. The van der Waals surface area contributed by atoms with Crippen molar-refractivity contribution in [3.63, 3.8) is 0 Å². The Labute approximate surface area is 144 Å². The van der Waals surface area contributed by atoms with Gasteiger partial charge in [0.15, 0.2) is 11.5 Å². The van der Waals surface area contributed by atoms with Gasteiger partial charge in [0.2, 0.25) is 0 Å². The summed E-state index contributed by atoms with van der Waals surface area (Å²) in [5, 5.41) is 11.8. The van der Waals surface area contributed by atoms with Crippen LogP contribution >= 0.6 is 0 Å². The number of carbonyl (C=O) groups is 3. The van der Waals surface area contributed by atoms with Crippen LogP contribution in [0.25, 0.3) is 11.3 Å². The highest BCUT2D eigenvalue weighted by Crippen LogP contribution is 2.27. The molecule has 0 radical (unpaired) electrons. The van der Waals surface area contributed by atoms with Gasteiger partial charge in [-0.2, -0.15) is 0 Å². The zero-order valence-electron chi connectivity index (χ0n) is 13.8. The molecule has 1 aliphatic carbocycles. The van der Waals surface area contributed by atoms with Gasteiger partial charge in [0, 0.05) is 17.2 Å². The second kappa shape index (κ2) is 6.93. The molecule has 6 heteroatoms. The van der Waals surface area contributed by atoms with E-state index in [0.29, 0.717) is 30.6 Å². The number of carboxylic acid groups (broad SMARTS) is 1. The normalized spacial score (nSPS) is 19.6. The van der Waals surface area contributed by atoms with Crippen LogP contribution in [-0.4, -0.2) is 28.8 Å². The number of benzene rings is 1. The monoisotopic (exact) mass is 341 g/mol. The Kier molecular flexibility index (Phi) is 4.70. The molecule has 2 N–H and O–H groups in total. The van der Waals surface area contributed by atoms with Crippen LogP contribution < -0.4 is 5.32 Å². The number of ketones is 1. The van der Waals surface area contributed by atoms with Gasteiger partial charge in [-0.25, -0.2) is 0 Å². The number of amides is 1. The topological polar surface area (TPSA) is 96.6 Å². The van der Waals surface area contributed by atoms with E-state index in [2.05, 4.69) is 5.32 Å². The number of Topliss-reactive ketones (excluding diaryl/α,β-unsaturated/α-hetero) is 1. The highest BCUT2D eigenvalue weighted by molar-refractivity contribution is 5.94. The first-order valence-electron chi connectivity index (χ1n) is 8.19. The Morgan fingerprint density at radius 1 is 1.08 bits per heavy atom. The lowest BCUT2D eigenvalue weighted by atomic mass is 10.1. The molecule has 0 saturated heterocycles. The average molecular weight is 341 g/mol. The Morgan fingerprint density at radius 3 is 2.40 bits per heavy atom. The molecule has 1 saturated carbocycles. The molecule has 0 unspecified atom stereocenters. The molecule has 0 bridgehead atoms. The summed E-state index contributed by atoms with van der Waals surface area (Å²) in [6.07, 6.45) is 1.68. The second-order valence-corrected chi connectivity index (χ2v) is 6.32. The van der Waals surface area contributed by atoms with Crippen molar-refractivity contribution >= 4 is 17.7 Å². The van der Waals surface area contributed by atoms with Gasteiger partial charge in [-0.3, -0.25) is 14.4 Å². The molecule has 1 fully saturated rings. The molecule has 130 valence electrons. The zero-order valence-corrected chi connectivity index (χ0v) is 13.8. The lowest BCUT2D eigenvalue weighted by molar-refractivity contribution is -0.141. The van der Waals surface area contributed by atoms with E-state index in [1.54, 1.807) is 36.4 Å². The fourth-order valence-corrected chi connectivity index (χ4v) is 3.08. The third-order valence-corrected chi connectivity index (χ3v) is 4.52. The summed E-state index contributed by atoms with van der Waals surface area (Å²) >= 11 is 0. The summed E-state index contributed by atoms with van der Waals surface area (Å²) in [6, 6.07) is 10.1. The quantitative estimate of drug-likeness (QED) is 0.815. The van der Waals surface area contributed by atoms with Crippen molar-refractivity contribution in [3.8, 4) is 11.3 Å². The van der Waals surface area contributed by atoms with Crippen molar-refractivity contribution in [2.24, 2.45) is 5.92 Å². The molecule has 3 rings (SSSR count). The van der Waals surface area contributed by atoms with Crippen molar-refractivity contribution in [1.82, 2.24) is 5.32 Å². The van der Waals surface area contributed by atoms with Crippen LogP contribution in [0.2, 0.25) is 0 Å². The van der Waals surface area contributed by atoms with Crippen LogP contribution in [0.4, 0.5) is 0 Å². The Hall–Kier alpha value is -2.89. The van der Waals surface area contributed by atoms with Crippen molar-refractivity contribution < 1.29 is 23.9 Å². The van der Waals surface area contributed by atoms with Gasteiger partial charge in [0.1, 0.15) is 5.76 Å². The fraction of sp³-hybridized carbons (Fsp3) is 0.316. The van der Waals surface area contributed by atoms with Gasteiger partial charge in [-0.05, 0) is 38.3 Å². The highest BCUT2D eigenvalue weighted by atomic mass is 16.4. The smallest absolute Gasteiger partial charge is 0.306 e. The molecule has 25 heavy (non-hydrogen) atoms. The van der Waals surface area contributed by atoms with Gasteiger partial charge in [0.05, 0.1) is 5.92 Å². The van der Waals surface area contributed by atoms with Crippen LogP contribution in [0, 0.1) is 5.92 Å². The first kappa shape index (κ1) is 17.0. The number of hydrogen-bond acceptors (Lipinski definition) is 4. The van der Waals surface area contributed by atoms with E-state index in [-0.39, 0.29) is 23.5 Å². The second-order valence-electron chi connectivity index (χ2n) is 6.32. The SMILES string of the molecule is CC(=O)c1ccc(-c2ccc(C(=O)N[C@@H]3CC[C@H](C(=O)O)C3)o2)cc1. The molecule has 0 spiro atoms. The summed E-state index contributed by atoms with van der Waals surface area (Å²) in [6.45, 7) is 1.50. The van der Waals surface area contributed by atoms with Crippen LogP contribution in [0.5, 0.6) is 0 Å². The van der Waals surface area contributed by atoms with E-state index < -0.39 is 11.9 Å². The number of carboxylic acids is 1. The van der Waals surface area contributed by atoms with Crippen molar-refractivity contribution in [3.05, 3.63) is 47.7 Å². The van der Waals surface area contributed by atoms with Gasteiger partial charge >= 0.3 is 5.97 Å². The first-order chi connectivity index (χ1) is 11.9. The van der Waals surface area contributed by atoms with E-state index in [1.807, 2.05) is 0 Å². The van der Waals surface area contributed by atoms with Gasteiger partial charge < -0.3 is 14.8 Å². The minimum Gasteiger partial charge on any atom is -0.481 e. The average Bonchev–Trinajstić information content (AvgIpc) is 3.24. The summed E-state index contributed by atoms with van der Waals surface area (Å²) in [5.41, 5.74) is 1.39. The van der Waals surface area contributed by atoms with E-state index >= 15 is 0 Å². The Morgan fingerprint density at radius 2 is 1.80 bits per heavy atom. The highest BCUT2D eigenvalue weighted by Gasteiger charge is 2.31. The zero-order chi connectivity index (χ0) is 18.0. The van der Waals surface area contributed by atoms with Crippen molar-refractivity contribution in [2.45, 2.75) is 32.2 Å². The fourth-order valence-electron chi connectivity index (χ4n) is 3.08. The summed E-state index contributed by atoms with van der Waals surface area (Å²) < 4.78 is 5.60. The summed E-state index contributed by atoms with van der Waals surface area (Å²) in [5.74, 6) is -0.840. The maximum absolute atomic E-state index is 12.3. The van der Waals surface area contributed by atoms with Gasteiger partial charge in [0.25, 0.3) is 5.91 Å². The molecule has 1 aliphatic rings. The summed E-state index contributed by atoms with van der Waals surface area (Å²) in [4.78, 5) is 34.5. The standard InChI is InChI=1S/C19H19NO5/c1-11(21)12-2-4-13(5-3-12)16-8-9-17(25-16)18(22)20-15-7-6-14(10-15)19(23)24/h2-5,8-9,14-15H,6-7,10H2,1H3,(H,20,22)(H,23,24)/t14-,15+/m0/s1. The van der Waals surface area contributed by atoms with Crippen LogP contribution in [0.3, 0.4) is 0 Å². The molecule has 2 atom stereocenters. The number of aliphatic carboxylic acids is 1. The number of hydrogen-bond donors (Lipinski definition) is 2. The third kappa shape index (κ3) is 3.79. The maximum Gasteiger partial charge on any atom is 0.306 e. The molecular weight excluding hydrogens is 322 g/mol. The lowest BCUT2D eigenvalue weighted by Gasteiger charge is -2.10. The summed E-state index contributed by atoms with van der Waals surface area (Å²) in [7, 11) is 0. The van der Waals surface area contributed by atoms with Gasteiger partial charge in [-0.1, -0.05) is 24.3 Å². The van der Waals surface area contributed by atoms with Gasteiger partial charge in [-0.15, -0.1) is 0 Å². The minimum atomic E-state index is -0.814. The minimum absolute atomic E-state index is 0.0118. The lowest BCUT2D eigenvalue weighted by Crippen LogP contribution is -2.33. The van der Waals surface area contributed by atoms with Crippen LogP contribution in [0.1, 0.15) is 47.1 Å². The Bertz CT molecular complexity index is 805. The van der Waals surface area contributed by atoms with Crippen molar-refractivity contribution in [2.75, 3.05) is 0 Å². The van der Waals surface area contributed by atoms with Crippen molar-refractivity contribution in [1.29, 1.82) is 0 Å². The molecule has 1 amide bonds. The third-order valence-electron chi connectivity index (χ3n) is 4.52. The van der Waals surface area contributed by atoms with E-state index in [4.69, 9.17) is 9.52 Å². The number of carbonyl (C=O) groups excluding carboxylic acids is 2. The first-order valence-corrected chi connectivity index (χ1v) is 8.19. The number of rotatable bonds is 5. The van der Waals surface area contributed by atoms with E-state index in [1.165, 1.54) is 6.92 Å². The molecule has 6 nitrogen and oxygen atoms in total. The molecule has 1 heterocycles. The molecular formula is C19H19NO5. The number of furan rings is 1. The number of nitrogens with one attached hydrogen (secondary N) is 1. The largest absolute Gasteiger partial charge is 0.481 e. The van der Waals surface area contributed by atoms with E-state index in [9.17, 15) is 14.4 Å². The Balaban J connectivity index is 1.65. The maximum atomic E-state index is 12.3. The predicted octanol–water partition coefficient (Wildman–Crippen LogP) is 3.13. The van der Waals surface area contributed by atoms with E-state index in [0.717, 1.165) is 5.56 Å². The predicted molar refractivity (Wildman–Crippen MR) is 90.4 cm³/mol. The van der Waals surface area contributed by atoms with Crippen LogP contribution in [0.15, 0.2) is 40.8 Å². The molecule has 1 aromatic heterocycles. The van der Waals surface area contributed by atoms with Crippen LogP contribution in [-0.2, 0) is 4.79 Å². The molecule has 2 aromatic rings.